The van der Waals surface area contributed by atoms with Gasteiger partial charge in [-0.25, -0.2) is 0 Å². The number of carbonyl (C=O) groups excluding carboxylic acids is 1. The first-order valence-electron chi connectivity index (χ1n) is 24.2. The standard InChI is InChI=1S/C49H91NO8/c1-3-5-7-9-11-13-15-17-18-19-20-21-22-23-24-25-26-27-29-31-33-35-37-39-45(53)50-42(41-57-49-48(56)47(55)46(54)44(40-51)58-49)43(52)38-36-34-32-30-28-16-14-12-10-8-6-4-2/h10,12,28,30,36,38,42-44,46-49,51-52,54-56H,3-9,11,13-27,29,31-35,37,39-41H2,1-2H3,(H,50,53)/b12-10+,30-28+,38-36+. The SMILES string of the molecule is CCCC/C=C/CC/C=C/CC/C=C/C(O)C(COC1OC(CO)C(O)C(O)C1O)NC(=O)CCCCCCCCCCCCCCCCCCCCCCCCC. The van der Waals surface area contributed by atoms with Crippen LogP contribution in [0.4, 0.5) is 0 Å². The van der Waals surface area contributed by atoms with Crippen LogP contribution < -0.4 is 5.32 Å². The van der Waals surface area contributed by atoms with Crippen molar-refractivity contribution in [2.24, 2.45) is 0 Å². The van der Waals surface area contributed by atoms with E-state index in [0.717, 1.165) is 51.4 Å². The predicted molar refractivity (Wildman–Crippen MR) is 240 cm³/mol. The van der Waals surface area contributed by atoms with Crippen molar-refractivity contribution in [3.8, 4) is 0 Å². The maximum Gasteiger partial charge on any atom is 0.220 e. The normalized spacial score (nSPS) is 21.1. The Morgan fingerprint density at radius 1 is 0.569 bits per heavy atom. The molecular weight excluding hydrogens is 731 g/mol. The van der Waals surface area contributed by atoms with Crippen LogP contribution in [-0.2, 0) is 14.3 Å². The molecule has 0 aromatic heterocycles. The summed E-state index contributed by atoms with van der Waals surface area (Å²) in [6.07, 6.45) is 42.0. The number of amides is 1. The van der Waals surface area contributed by atoms with E-state index in [-0.39, 0.29) is 12.5 Å². The van der Waals surface area contributed by atoms with Crippen LogP contribution in [0.2, 0.25) is 0 Å². The minimum absolute atomic E-state index is 0.190. The lowest BCUT2D eigenvalue weighted by Gasteiger charge is -2.40. The summed E-state index contributed by atoms with van der Waals surface area (Å²) in [6.45, 7) is 3.71. The van der Waals surface area contributed by atoms with Gasteiger partial charge < -0.3 is 40.3 Å². The highest BCUT2D eigenvalue weighted by Gasteiger charge is 2.44. The number of hydrogen-bond acceptors (Lipinski definition) is 8. The van der Waals surface area contributed by atoms with Gasteiger partial charge in [0.1, 0.15) is 24.4 Å². The fourth-order valence-electron chi connectivity index (χ4n) is 7.53. The van der Waals surface area contributed by atoms with E-state index in [1.165, 1.54) is 141 Å². The Bertz CT molecular complexity index is 1000. The average Bonchev–Trinajstić information content (AvgIpc) is 3.22. The van der Waals surface area contributed by atoms with Gasteiger partial charge in [0.05, 0.1) is 25.4 Å². The van der Waals surface area contributed by atoms with E-state index in [1.54, 1.807) is 6.08 Å². The molecule has 1 aliphatic heterocycles. The summed E-state index contributed by atoms with van der Waals surface area (Å²) in [6, 6.07) is -0.823. The molecule has 1 fully saturated rings. The molecule has 1 rings (SSSR count). The quantitative estimate of drug-likeness (QED) is 0.0264. The van der Waals surface area contributed by atoms with Crippen LogP contribution in [-0.4, -0.2) is 87.5 Å². The summed E-state index contributed by atoms with van der Waals surface area (Å²) in [4.78, 5) is 13.0. The summed E-state index contributed by atoms with van der Waals surface area (Å²) in [5, 5.41) is 54.1. The maximum atomic E-state index is 13.0. The zero-order valence-electron chi connectivity index (χ0n) is 37.3. The molecule has 1 saturated heterocycles. The molecule has 1 heterocycles. The van der Waals surface area contributed by atoms with Crippen molar-refractivity contribution in [1.82, 2.24) is 5.32 Å². The molecule has 1 aliphatic rings. The van der Waals surface area contributed by atoms with Gasteiger partial charge in [0, 0.05) is 6.42 Å². The van der Waals surface area contributed by atoms with Crippen LogP contribution in [0.5, 0.6) is 0 Å². The zero-order valence-corrected chi connectivity index (χ0v) is 37.3. The summed E-state index contributed by atoms with van der Waals surface area (Å²) < 4.78 is 11.2. The van der Waals surface area contributed by atoms with Crippen molar-refractivity contribution >= 4 is 5.91 Å². The van der Waals surface area contributed by atoms with Crippen molar-refractivity contribution in [2.75, 3.05) is 13.2 Å². The van der Waals surface area contributed by atoms with E-state index in [4.69, 9.17) is 9.47 Å². The summed E-state index contributed by atoms with van der Waals surface area (Å²) in [5.74, 6) is -0.190. The van der Waals surface area contributed by atoms with Gasteiger partial charge in [-0.2, -0.15) is 0 Å². The first kappa shape index (κ1) is 54.4. The lowest BCUT2D eigenvalue weighted by molar-refractivity contribution is -0.302. The van der Waals surface area contributed by atoms with E-state index in [0.29, 0.717) is 6.42 Å². The van der Waals surface area contributed by atoms with E-state index in [9.17, 15) is 30.3 Å². The number of carbonyl (C=O) groups is 1. The van der Waals surface area contributed by atoms with Crippen LogP contribution >= 0.6 is 0 Å². The highest BCUT2D eigenvalue weighted by atomic mass is 16.7. The number of ether oxygens (including phenoxy) is 2. The molecule has 1 amide bonds. The first-order valence-corrected chi connectivity index (χ1v) is 24.2. The first-order chi connectivity index (χ1) is 28.3. The second-order valence-corrected chi connectivity index (χ2v) is 16.9. The van der Waals surface area contributed by atoms with Gasteiger partial charge in [0.25, 0.3) is 0 Å². The number of unbranched alkanes of at least 4 members (excludes halogenated alkanes) is 26. The molecule has 0 radical (unpaired) electrons. The molecule has 9 nitrogen and oxygen atoms in total. The molecule has 0 aliphatic carbocycles. The number of allylic oxidation sites excluding steroid dienone is 5. The molecule has 340 valence electrons. The number of hydrogen-bond donors (Lipinski definition) is 6. The topological polar surface area (TPSA) is 149 Å². The van der Waals surface area contributed by atoms with Crippen molar-refractivity contribution in [2.45, 2.75) is 256 Å². The van der Waals surface area contributed by atoms with Gasteiger partial charge in [0.15, 0.2) is 6.29 Å². The van der Waals surface area contributed by atoms with Crippen LogP contribution in [0.1, 0.15) is 213 Å². The van der Waals surface area contributed by atoms with E-state index >= 15 is 0 Å². The van der Waals surface area contributed by atoms with Crippen LogP contribution in [0.15, 0.2) is 36.5 Å². The van der Waals surface area contributed by atoms with Gasteiger partial charge >= 0.3 is 0 Å². The smallest absolute Gasteiger partial charge is 0.220 e. The van der Waals surface area contributed by atoms with E-state index in [2.05, 4.69) is 43.5 Å². The van der Waals surface area contributed by atoms with Gasteiger partial charge in [0.2, 0.25) is 5.91 Å². The van der Waals surface area contributed by atoms with Crippen molar-refractivity contribution in [3.63, 3.8) is 0 Å². The average molecular weight is 822 g/mol. The third-order valence-electron chi connectivity index (χ3n) is 11.4. The molecule has 0 aromatic carbocycles. The Balaban J connectivity index is 2.26. The Labute approximate surface area is 355 Å². The molecule has 7 unspecified atom stereocenters. The predicted octanol–water partition coefficient (Wildman–Crippen LogP) is 10.5. The van der Waals surface area contributed by atoms with Crippen LogP contribution in [0.3, 0.4) is 0 Å². The second-order valence-electron chi connectivity index (χ2n) is 16.9. The number of rotatable bonds is 40. The van der Waals surface area contributed by atoms with Crippen LogP contribution in [0, 0.1) is 0 Å². The highest BCUT2D eigenvalue weighted by molar-refractivity contribution is 5.76. The molecule has 6 N–H and O–H groups in total. The lowest BCUT2D eigenvalue weighted by Crippen LogP contribution is -2.60. The molecule has 9 heteroatoms. The van der Waals surface area contributed by atoms with Crippen molar-refractivity contribution in [3.05, 3.63) is 36.5 Å². The fourth-order valence-corrected chi connectivity index (χ4v) is 7.53. The van der Waals surface area contributed by atoms with Gasteiger partial charge in [-0.15, -0.1) is 0 Å². The monoisotopic (exact) mass is 822 g/mol. The van der Waals surface area contributed by atoms with Gasteiger partial charge in [-0.1, -0.05) is 204 Å². The van der Waals surface area contributed by atoms with Crippen LogP contribution in [0.25, 0.3) is 0 Å². The Morgan fingerprint density at radius 3 is 1.43 bits per heavy atom. The number of aliphatic hydroxyl groups is 5. The number of aliphatic hydroxyl groups excluding tert-OH is 5. The zero-order chi connectivity index (χ0) is 42.3. The second kappa shape index (κ2) is 39.5. The maximum absolute atomic E-state index is 13.0. The molecular formula is C49H91NO8. The summed E-state index contributed by atoms with van der Waals surface area (Å²) in [5.41, 5.74) is 0. The Hall–Kier alpha value is -1.59. The van der Waals surface area contributed by atoms with E-state index < -0.39 is 49.5 Å². The largest absolute Gasteiger partial charge is 0.394 e. The third-order valence-corrected chi connectivity index (χ3v) is 11.4. The molecule has 0 saturated carbocycles. The van der Waals surface area contributed by atoms with Crippen molar-refractivity contribution < 1.29 is 39.8 Å². The highest BCUT2D eigenvalue weighted by Crippen LogP contribution is 2.23. The third kappa shape index (κ3) is 29.6. The van der Waals surface area contributed by atoms with Crippen molar-refractivity contribution in [1.29, 1.82) is 0 Å². The lowest BCUT2D eigenvalue weighted by atomic mass is 9.99. The molecule has 7 atom stereocenters. The summed E-state index contributed by atoms with van der Waals surface area (Å²) in [7, 11) is 0. The number of nitrogens with one attached hydrogen (secondary N) is 1. The molecule has 0 spiro atoms. The summed E-state index contributed by atoms with van der Waals surface area (Å²) >= 11 is 0. The Kier molecular flexibility index (Phi) is 37.1. The fraction of sp³-hybridized carbons (Fsp3) is 0.857. The molecule has 0 bridgehead atoms. The minimum Gasteiger partial charge on any atom is -0.394 e. The van der Waals surface area contributed by atoms with E-state index in [1.807, 2.05) is 6.08 Å². The van der Waals surface area contributed by atoms with Gasteiger partial charge in [-0.3, -0.25) is 4.79 Å². The molecule has 0 aromatic rings. The molecule has 58 heavy (non-hydrogen) atoms. The van der Waals surface area contributed by atoms with Gasteiger partial charge in [-0.05, 0) is 38.5 Å². The minimum atomic E-state index is -1.57. The Morgan fingerprint density at radius 2 is 0.983 bits per heavy atom.